The van der Waals surface area contributed by atoms with E-state index in [1.165, 1.54) is 24.5 Å². The van der Waals surface area contributed by atoms with E-state index in [9.17, 15) is 18.4 Å². The van der Waals surface area contributed by atoms with Crippen molar-refractivity contribution in [1.82, 2.24) is 10.6 Å². The molecule has 2 unspecified atom stereocenters. The molecule has 2 atom stereocenters. The van der Waals surface area contributed by atoms with Crippen LogP contribution in [0.5, 0.6) is 0 Å². The first-order valence-corrected chi connectivity index (χ1v) is 6.97. The van der Waals surface area contributed by atoms with Crippen LogP contribution in [0.2, 0.25) is 0 Å². The molecule has 2 N–H and O–H groups in total. The number of rotatable bonds is 3. The fourth-order valence-electron chi connectivity index (χ4n) is 2.27. The molecule has 2 aliphatic heterocycles. The summed E-state index contributed by atoms with van der Waals surface area (Å²) in [6, 6.07) is -1.82. The fourth-order valence-corrected chi connectivity index (χ4v) is 3.25. The van der Waals surface area contributed by atoms with Gasteiger partial charge in [0.05, 0.1) is 18.7 Å². The highest BCUT2D eigenvalue weighted by atomic mass is 32.2. The second-order valence-corrected chi connectivity index (χ2v) is 5.74. The number of urea groups is 1. The van der Waals surface area contributed by atoms with Gasteiger partial charge in [-0.15, -0.1) is 11.8 Å². The molecule has 5 nitrogen and oxygen atoms in total. The van der Waals surface area contributed by atoms with Gasteiger partial charge in [0.2, 0.25) is 0 Å². The Hall–Kier alpha value is -1.83. The van der Waals surface area contributed by atoms with Gasteiger partial charge in [-0.25, -0.2) is 18.4 Å². The third kappa shape index (κ3) is 2.67. The SMILES string of the molecule is COC(=O)C1=C(C)NC(=O)NC1C1(C(F)F)C=CC=CS1. The van der Waals surface area contributed by atoms with Crippen molar-refractivity contribution in [1.29, 1.82) is 0 Å². The summed E-state index contributed by atoms with van der Waals surface area (Å²) in [6.45, 7) is 1.48. The van der Waals surface area contributed by atoms with Gasteiger partial charge in [-0.3, -0.25) is 0 Å². The van der Waals surface area contributed by atoms with Crippen molar-refractivity contribution >= 4 is 23.8 Å². The Morgan fingerprint density at radius 2 is 2.19 bits per heavy atom. The van der Waals surface area contributed by atoms with Gasteiger partial charge in [-0.2, -0.15) is 0 Å². The Kier molecular flexibility index (Phi) is 4.36. The molecule has 21 heavy (non-hydrogen) atoms. The van der Waals surface area contributed by atoms with Gasteiger partial charge in [-0.1, -0.05) is 18.2 Å². The van der Waals surface area contributed by atoms with Gasteiger partial charge in [-0.05, 0) is 12.3 Å². The maximum atomic E-state index is 13.7. The standard InChI is InChI=1S/C13H14F2N2O3S/c1-7-8(10(18)20-2)9(17-12(19)16-7)13(11(14)15)5-3-4-6-21-13/h3-6,9,11H,1-2H3,(H2,16,17,19). The van der Waals surface area contributed by atoms with E-state index in [1.807, 2.05) is 0 Å². The monoisotopic (exact) mass is 316 g/mol. The lowest BCUT2D eigenvalue weighted by atomic mass is 9.89. The summed E-state index contributed by atoms with van der Waals surface area (Å²) in [5, 5.41) is 6.32. The number of halogens is 2. The summed E-state index contributed by atoms with van der Waals surface area (Å²) in [5.74, 6) is -0.756. The number of allylic oxidation sites excluding steroid dienone is 3. The van der Waals surface area contributed by atoms with Crippen LogP contribution in [0.4, 0.5) is 13.6 Å². The van der Waals surface area contributed by atoms with Crippen molar-refractivity contribution in [2.75, 3.05) is 7.11 Å². The third-order valence-electron chi connectivity index (χ3n) is 3.29. The molecule has 0 aliphatic carbocycles. The number of alkyl halides is 2. The Labute approximate surface area is 124 Å². The minimum atomic E-state index is -2.79. The van der Waals surface area contributed by atoms with Crippen LogP contribution in [0, 0.1) is 0 Å². The van der Waals surface area contributed by atoms with Crippen LogP contribution < -0.4 is 10.6 Å². The van der Waals surface area contributed by atoms with Gasteiger partial charge in [0, 0.05) is 5.70 Å². The quantitative estimate of drug-likeness (QED) is 0.781. The molecule has 0 saturated heterocycles. The normalized spacial score (nSPS) is 28.4. The topological polar surface area (TPSA) is 67.4 Å². The number of carbonyl (C=O) groups excluding carboxylic acids is 2. The molecule has 0 radical (unpaired) electrons. The molecule has 0 aromatic carbocycles. The predicted molar refractivity (Wildman–Crippen MR) is 74.8 cm³/mol. The zero-order valence-electron chi connectivity index (χ0n) is 11.4. The lowest BCUT2D eigenvalue weighted by Crippen LogP contribution is -2.61. The number of ether oxygens (including phenoxy) is 1. The molecule has 0 saturated carbocycles. The van der Waals surface area contributed by atoms with Crippen molar-refractivity contribution in [3.05, 3.63) is 34.9 Å². The molecular formula is C13H14F2N2O3S. The lowest BCUT2D eigenvalue weighted by Gasteiger charge is -2.40. The van der Waals surface area contributed by atoms with Crippen molar-refractivity contribution in [3.63, 3.8) is 0 Å². The predicted octanol–water partition coefficient (Wildman–Crippen LogP) is 1.94. The van der Waals surface area contributed by atoms with Crippen molar-refractivity contribution in [2.45, 2.75) is 24.1 Å². The van der Waals surface area contributed by atoms with E-state index in [4.69, 9.17) is 0 Å². The Morgan fingerprint density at radius 3 is 2.71 bits per heavy atom. The molecular weight excluding hydrogens is 302 g/mol. The summed E-state index contributed by atoms with van der Waals surface area (Å²) in [6.07, 6.45) is 1.60. The van der Waals surface area contributed by atoms with Crippen molar-refractivity contribution in [2.24, 2.45) is 0 Å². The van der Waals surface area contributed by atoms with Gasteiger partial charge in [0.1, 0.15) is 4.75 Å². The van der Waals surface area contributed by atoms with Crippen molar-refractivity contribution < 1.29 is 23.1 Å². The fraction of sp³-hybridized carbons (Fsp3) is 0.385. The second kappa shape index (κ2) is 5.88. The van der Waals surface area contributed by atoms with E-state index < -0.39 is 29.2 Å². The number of hydrogen-bond acceptors (Lipinski definition) is 4. The molecule has 0 aromatic rings. The molecule has 2 rings (SSSR count). The minimum Gasteiger partial charge on any atom is -0.466 e. The number of carbonyl (C=O) groups is 2. The third-order valence-corrected chi connectivity index (χ3v) is 4.54. The largest absolute Gasteiger partial charge is 0.466 e. The Balaban J connectivity index is 2.54. The molecule has 2 amide bonds. The highest BCUT2D eigenvalue weighted by molar-refractivity contribution is 8.03. The van der Waals surface area contributed by atoms with Gasteiger partial charge < -0.3 is 15.4 Å². The summed E-state index contributed by atoms with van der Waals surface area (Å²) < 4.78 is 30.3. The van der Waals surface area contributed by atoms with Gasteiger partial charge in [0.25, 0.3) is 6.43 Å². The molecule has 114 valence electrons. The average molecular weight is 316 g/mol. The van der Waals surface area contributed by atoms with Crippen LogP contribution in [0.3, 0.4) is 0 Å². The molecule has 2 heterocycles. The average Bonchev–Trinajstić information content (AvgIpc) is 2.46. The summed E-state index contributed by atoms with van der Waals surface area (Å²) in [7, 11) is 1.16. The molecule has 8 heteroatoms. The molecule has 2 aliphatic rings. The second-order valence-electron chi connectivity index (χ2n) is 4.52. The van der Waals surface area contributed by atoms with Crippen molar-refractivity contribution in [3.8, 4) is 0 Å². The van der Waals surface area contributed by atoms with E-state index in [-0.39, 0.29) is 11.3 Å². The minimum absolute atomic E-state index is 0.00940. The Bertz CT molecular complexity index is 560. The number of nitrogens with one attached hydrogen (secondary N) is 2. The van der Waals surface area contributed by atoms with Crippen LogP contribution in [0.25, 0.3) is 0 Å². The highest BCUT2D eigenvalue weighted by Crippen LogP contribution is 2.43. The van der Waals surface area contributed by atoms with E-state index in [2.05, 4.69) is 15.4 Å². The number of thioether (sulfide) groups is 1. The van der Waals surface area contributed by atoms with Crippen LogP contribution in [0.15, 0.2) is 34.9 Å². The summed E-state index contributed by atoms with van der Waals surface area (Å²) >= 11 is 0.859. The van der Waals surface area contributed by atoms with E-state index in [0.717, 1.165) is 18.9 Å². The number of amides is 2. The first-order valence-electron chi connectivity index (χ1n) is 6.09. The zero-order valence-corrected chi connectivity index (χ0v) is 12.2. The van der Waals surface area contributed by atoms with Gasteiger partial charge in [0.15, 0.2) is 0 Å². The summed E-state index contributed by atoms with van der Waals surface area (Å²) in [5.41, 5.74) is 0.198. The number of methoxy groups -OCH3 is 1. The zero-order chi connectivity index (χ0) is 15.6. The molecule has 0 spiro atoms. The maximum Gasteiger partial charge on any atom is 0.337 e. The van der Waals surface area contributed by atoms with E-state index in [0.29, 0.717) is 0 Å². The smallest absolute Gasteiger partial charge is 0.337 e. The molecule has 0 aromatic heterocycles. The van der Waals surface area contributed by atoms with E-state index in [1.54, 1.807) is 6.08 Å². The first-order chi connectivity index (χ1) is 9.92. The van der Waals surface area contributed by atoms with Crippen LogP contribution in [-0.4, -0.2) is 36.3 Å². The van der Waals surface area contributed by atoms with Crippen LogP contribution in [0.1, 0.15) is 6.92 Å². The van der Waals surface area contributed by atoms with Crippen LogP contribution in [-0.2, 0) is 9.53 Å². The summed E-state index contributed by atoms with van der Waals surface area (Å²) in [4.78, 5) is 23.6. The van der Waals surface area contributed by atoms with Crippen LogP contribution >= 0.6 is 11.8 Å². The number of hydrogen-bond donors (Lipinski definition) is 2. The van der Waals surface area contributed by atoms with E-state index >= 15 is 0 Å². The van der Waals surface area contributed by atoms with Gasteiger partial charge >= 0.3 is 12.0 Å². The number of esters is 1. The Morgan fingerprint density at radius 1 is 1.48 bits per heavy atom. The highest BCUT2D eigenvalue weighted by Gasteiger charge is 2.51. The molecule has 0 fully saturated rings. The first kappa shape index (κ1) is 15.6. The molecule has 0 bridgehead atoms. The lowest BCUT2D eigenvalue weighted by molar-refractivity contribution is -0.136. The maximum absolute atomic E-state index is 13.7.